The van der Waals surface area contributed by atoms with Gasteiger partial charge in [0.25, 0.3) is 0 Å². The molecule has 1 aliphatic heterocycles. The molecule has 13 heavy (non-hydrogen) atoms. The highest BCUT2D eigenvalue weighted by Gasteiger charge is 2.21. The molecule has 2 nitrogen and oxygen atoms in total. The lowest BCUT2D eigenvalue weighted by molar-refractivity contribution is -0.116. The van der Waals surface area contributed by atoms with Crippen molar-refractivity contribution in [3.63, 3.8) is 0 Å². The van der Waals surface area contributed by atoms with Gasteiger partial charge in [0.05, 0.1) is 0 Å². The van der Waals surface area contributed by atoms with E-state index in [-0.39, 0.29) is 11.7 Å². The minimum Gasteiger partial charge on any atom is -0.312 e. The molecule has 1 aromatic carbocycles. The van der Waals surface area contributed by atoms with Crippen molar-refractivity contribution in [2.45, 2.75) is 13.3 Å². The van der Waals surface area contributed by atoms with Crippen LogP contribution in [0.15, 0.2) is 18.2 Å². The number of fused-ring (bicyclic) bond motifs is 1. The molecule has 0 radical (unpaired) electrons. The number of hydrogen-bond acceptors (Lipinski definition) is 1. The lowest BCUT2D eigenvalue weighted by atomic mass is 10.2. The SMILES string of the molecule is CC(=O)N1CCc2ccc(F)cc21. The van der Waals surface area contributed by atoms with E-state index in [4.69, 9.17) is 0 Å². The maximum Gasteiger partial charge on any atom is 0.223 e. The molecule has 0 fully saturated rings. The minimum absolute atomic E-state index is 0.0237. The van der Waals surface area contributed by atoms with Crippen LogP contribution >= 0.6 is 0 Å². The van der Waals surface area contributed by atoms with E-state index in [9.17, 15) is 9.18 Å². The lowest BCUT2D eigenvalue weighted by Gasteiger charge is -2.14. The van der Waals surface area contributed by atoms with Crippen molar-refractivity contribution in [3.05, 3.63) is 29.6 Å². The summed E-state index contributed by atoms with van der Waals surface area (Å²) in [6, 6.07) is 4.60. The smallest absolute Gasteiger partial charge is 0.223 e. The Kier molecular flexibility index (Phi) is 1.79. The maximum absolute atomic E-state index is 12.9. The van der Waals surface area contributed by atoms with Crippen molar-refractivity contribution in [2.24, 2.45) is 0 Å². The minimum atomic E-state index is -0.285. The highest BCUT2D eigenvalue weighted by Crippen LogP contribution is 2.28. The van der Waals surface area contributed by atoms with Crippen LogP contribution in [-0.4, -0.2) is 12.5 Å². The first-order valence-corrected chi connectivity index (χ1v) is 4.25. The van der Waals surface area contributed by atoms with Gasteiger partial charge in [-0.3, -0.25) is 4.79 Å². The van der Waals surface area contributed by atoms with E-state index < -0.39 is 0 Å². The van der Waals surface area contributed by atoms with E-state index >= 15 is 0 Å². The molecule has 68 valence electrons. The highest BCUT2D eigenvalue weighted by molar-refractivity contribution is 5.93. The summed E-state index contributed by atoms with van der Waals surface area (Å²) in [4.78, 5) is 12.7. The number of nitrogens with zero attached hydrogens (tertiary/aromatic N) is 1. The highest BCUT2D eigenvalue weighted by atomic mass is 19.1. The molecule has 0 bridgehead atoms. The second-order valence-electron chi connectivity index (χ2n) is 3.19. The van der Waals surface area contributed by atoms with Gasteiger partial charge in [0.1, 0.15) is 5.82 Å². The fraction of sp³-hybridized carbons (Fsp3) is 0.300. The van der Waals surface area contributed by atoms with Crippen LogP contribution in [0.2, 0.25) is 0 Å². The van der Waals surface area contributed by atoms with Crippen molar-refractivity contribution in [1.82, 2.24) is 0 Å². The second-order valence-corrected chi connectivity index (χ2v) is 3.19. The molecule has 0 aliphatic carbocycles. The first-order chi connectivity index (χ1) is 6.18. The van der Waals surface area contributed by atoms with Crippen molar-refractivity contribution in [1.29, 1.82) is 0 Å². The monoisotopic (exact) mass is 179 g/mol. The van der Waals surface area contributed by atoms with Crippen LogP contribution in [0.1, 0.15) is 12.5 Å². The van der Waals surface area contributed by atoms with Gasteiger partial charge >= 0.3 is 0 Å². The van der Waals surface area contributed by atoms with Crippen LogP contribution in [0, 0.1) is 5.82 Å². The molecule has 0 N–H and O–H groups in total. The molecule has 0 spiro atoms. The largest absolute Gasteiger partial charge is 0.312 e. The van der Waals surface area contributed by atoms with Gasteiger partial charge in [0, 0.05) is 19.2 Å². The molecule has 0 unspecified atom stereocenters. The summed E-state index contributed by atoms with van der Waals surface area (Å²) in [6.45, 7) is 2.17. The van der Waals surface area contributed by atoms with Gasteiger partial charge in [-0.05, 0) is 24.1 Å². The molecule has 1 aromatic rings. The third-order valence-electron chi connectivity index (χ3n) is 2.32. The predicted molar refractivity (Wildman–Crippen MR) is 48.1 cm³/mol. The maximum atomic E-state index is 12.9. The molecule has 1 amide bonds. The zero-order chi connectivity index (χ0) is 9.42. The predicted octanol–water partition coefficient (Wildman–Crippen LogP) is 1.73. The zero-order valence-corrected chi connectivity index (χ0v) is 7.38. The van der Waals surface area contributed by atoms with Gasteiger partial charge in [-0.2, -0.15) is 0 Å². The van der Waals surface area contributed by atoms with Gasteiger partial charge in [-0.1, -0.05) is 6.07 Å². The third kappa shape index (κ3) is 1.30. The lowest BCUT2D eigenvalue weighted by Crippen LogP contribution is -2.25. The number of carbonyl (C=O) groups is 1. The molecule has 0 atom stereocenters. The van der Waals surface area contributed by atoms with Gasteiger partial charge in [0.2, 0.25) is 5.91 Å². The molecular formula is C10H10FNO. The normalized spacial score (nSPS) is 14.5. The Morgan fingerprint density at radius 2 is 2.31 bits per heavy atom. The third-order valence-corrected chi connectivity index (χ3v) is 2.32. The molecule has 0 saturated heterocycles. The Morgan fingerprint density at radius 1 is 1.54 bits per heavy atom. The Bertz CT molecular complexity index is 362. The molecule has 1 aliphatic rings. The van der Waals surface area contributed by atoms with Gasteiger partial charge in [-0.15, -0.1) is 0 Å². The van der Waals surface area contributed by atoms with E-state index in [1.54, 1.807) is 11.0 Å². The van der Waals surface area contributed by atoms with Crippen LogP contribution in [-0.2, 0) is 11.2 Å². The zero-order valence-electron chi connectivity index (χ0n) is 7.38. The first-order valence-electron chi connectivity index (χ1n) is 4.25. The van der Waals surface area contributed by atoms with E-state index in [1.807, 2.05) is 0 Å². The number of amides is 1. The van der Waals surface area contributed by atoms with Crippen molar-refractivity contribution in [3.8, 4) is 0 Å². The Morgan fingerprint density at radius 3 is 3.00 bits per heavy atom. The van der Waals surface area contributed by atoms with Crippen LogP contribution in [0.25, 0.3) is 0 Å². The van der Waals surface area contributed by atoms with Gasteiger partial charge < -0.3 is 4.90 Å². The van der Waals surface area contributed by atoms with E-state index in [0.717, 1.165) is 17.7 Å². The first kappa shape index (κ1) is 8.23. The van der Waals surface area contributed by atoms with Crippen LogP contribution in [0.4, 0.5) is 10.1 Å². The topological polar surface area (TPSA) is 20.3 Å². The second kappa shape index (κ2) is 2.83. The van der Waals surface area contributed by atoms with Crippen molar-refractivity contribution < 1.29 is 9.18 Å². The standard InChI is InChI=1S/C10H10FNO/c1-7(13)12-5-4-8-2-3-9(11)6-10(8)12/h2-3,6H,4-5H2,1H3. The fourth-order valence-electron chi connectivity index (χ4n) is 1.68. The molecule has 2 rings (SSSR count). The summed E-state index contributed by atoms with van der Waals surface area (Å²) in [6.07, 6.45) is 0.829. The summed E-state index contributed by atoms with van der Waals surface area (Å²) in [7, 11) is 0. The number of hydrogen-bond donors (Lipinski definition) is 0. The van der Waals surface area contributed by atoms with Crippen LogP contribution in [0.3, 0.4) is 0 Å². The van der Waals surface area contributed by atoms with Crippen molar-refractivity contribution in [2.75, 3.05) is 11.4 Å². The number of benzene rings is 1. The Hall–Kier alpha value is -1.38. The number of carbonyl (C=O) groups excluding carboxylic acids is 1. The summed E-state index contributed by atoms with van der Waals surface area (Å²) >= 11 is 0. The molecule has 1 heterocycles. The summed E-state index contributed by atoms with van der Waals surface area (Å²) in [5, 5.41) is 0. The van der Waals surface area contributed by atoms with Gasteiger partial charge in [-0.25, -0.2) is 4.39 Å². The molecule has 0 saturated carbocycles. The molecule has 3 heteroatoms. The Balaban J connectivity index is 2.46. The number of anilines is 1. The Labute approximate surface area is 76.0 Å². The van der Waals surface area contributed by atoms with E-state index in [1.165, 1.54) is 19.1 Å². The van der Waals surface area contributed by atoms with Crippen molar-refractivity contribution >= 4 is 11.6 Å². The number of halogens is 1. The quantitative estimate of drug-likeness (QED) is 0.594. The number of rotatable bonds is 0. The fourth-order valence-corrected chi connectivity index (χ4v) is 1.68. The van der Waals surface area contributed by atoms with Crippen LogP contribution in [0.5, 0.6) is 0 Å². The van der Waals surface area contributed by atoms with Gasteiger partial charge in [0.15, 0.2) is 0 Å². The molecular weight excluding hydrogens is 169 g/mol. The van der Waals surface area contributed by atoms with Crippen LogP contribution < -0.4 is 4.90 Å². The average Bonchev–Trinajstić information content (AvgIpc) is 2.46. The van der Waals surface area contributed by atoms with E-state index in [0.29, 0.717) is 6.54 Å². The molecule has 0 aromatic heterocycles. The summed E-state index contributed by atoms with van der Waals surface area (Å²) in [5.41, 5.74) is 1.78. The average molecular weight is 179 g/mol. The van der Waals surface area contributed by atoms with E-state index in [2.05, 4.69) is 0 Å². The summed E-state index contributed by atoms with van der Waals surface area (Å²) in [5.74, 6) is -0.309. The summed E-state index contributed by atoms with van der Waals surface area (Å²) < 4.78 is 12.9.